The van der Waals surface area contributed by atoms with E-state index in [0.29, 0.717) is 0 Å². The minimum absolute atomic E-state index is 0.128. The summed E-state index contributed by atoms with van der Waals surface area (Å²) in [5, 5.41) is 18.1. The second-order valence-electron chi connectivity index (χ2n) is 3.04. The molecule has 1 unspecified atom stereocenters. The zero-order valence-electron chi connectivity index (χ0n) is 7.39. The van der Waals surface area contributed by atoms with Gasteiger partial charge in [-0.3, -0.25) is 0 Å². The minimum Gasteiger partial charge on any atom is -0.507 e. The number of aromatic hydroxyl groups is 1. The molecule has 0 amide bonds. The predicted octanol–water partition coefficient (Wildman–Crippen LogP) is 2.36. The monoisotopic (exact) mass is 266 g/mol. The number of phenolic OH excluding ortho intramolecular Hbond substituents is 1. The Kier molecular flexibility index (Phi) is 3.44. The fraction of sp³-hybridized carbons (Fsp3) is 0.333. The van der Waals surface area contributed by atoms with E-state index in [1.54, 1.807) is 0 Å². The van der Waals surface area contributed by atoms with E-state index >= 15 is 0 Å². The summed E-state index contributed by atoms with van der Waals surface area (Å²) >= 11 is 2.78. The molecule has 0 heterocycles. The van der Waals surface area contributed by atoms with Crippen LogP contribution in [0, 0.1) is 11.6 Å². The first kappa shape index (κ1) is 11.4. The number of hydrogen-bond acceptors (Lipinski definition) is 2. The van der Waals surface area contributed by atoms with Crippen molar-refractivity contribution in [2.24, 2.45) is 0 Å². The minimum atomic E-state index is -0.872. The summed E-state index contributed by atoms with van der Waals surface area (Å²) in [6.45, 7) is 1.43. The number of halogens is 3. The molecular formula is C9H9BrF2O2. The van der Waals surface area contributed by atoms with Crippen molar-refractivity contribution in [1.82, 2.24) is 0 Å². The molecule has 0 spiro atoms. The summed E-state index contributed by atoms with van der Waals surface area (Å²) in [4.78, 5) is 0. The van der Waals surface area contributed by atoms with Crippen LogP contribution in [0.25, 0.3) is 0 Å². The molecule has 0 bridgehead atoms. The van der Waals surface area contributed by atoms with Gasteiger partial charge in [0, 0.05) is 18.1 Å². The van der Waals surface area contributed by atoms with Gasteiger partial charge in [0.25, 0.3) is 0 Å². The fourth-order valence-corrected chi connectivity index (χ4v) is 1.46. The Bertz CT molecular complexity index is 353. The first-order valence-corrected chi connectivity index (χ1v) is 4.76. The summed E-state index contributed by atoms with van der Waals surface area (Å²) in [6.07, 6.45) is -0.966. The van der Waals surface area contributed by atoms with Crippen LogP contribution in [0.1, 0.15) is 12.5 Å². The van der Waals surface area contributed by atoms with Crippen molar-refractivity contribution in [3.8, 4) is 5.75 Å². The molecule has 0 saturated heterocycles. The topological polar surface area (TPSA) is 40.5 Å². The van der Waals surface area contributed by atoms with Crippen LogP contribution in [-0.2, 0) is 6.42 Å². The number of phenols is 1. The zero-order chi connectivity index (χ0) is 10.9. The standard InChI is InChI=1S/C9H9BrF2O2/c1-4(13)2-5-6(11)3-7(14)8(10)9(5)12/h3-4,13-14H,2H2,1H3. The van der Waals surface area contributed by atoms with Gasteiger partial charge in [0.1, 0.15) is 17.4 Å². The number of hydrogen-bond donors (Lipinski definition) is 2. The van der Waals surface area contributed by atoms with Crippen LogP contribution >= 0.6 is 15.9 Å². The normalized spacial score (nSPS) is 12.9. The lowest BCUT2D eigenvalue weighted by molar-refractivity contribution is 0.192. The number of rotatable bonds is 2. The second kappa shape index (κ2) is 4.23. The molecule has 2 nitrogen and oxygen atoms in total. The van der Waals surface area contributed by atoms with Gasteiger partial charge in [-0.2, -0.15) is 0 Å². The Balaban J connectivity index is 3.22. The lowest BCUT2D eigenvalue weighted by Gasteiger charge is -2.09. The first-order chi connectivity index (χ1) is 6.43. The van der Waals surface area contributed by atoms with Gasteiger partial charge in [-0.05, 0) is 22.9 Å². The molecule has 78 valence electrons. The third-order valence-electron chi connectivity index (χ3n) is 1.73. The van der Waals surface area contributed by atoms with Crippen LogP contribution in [0.2, 0.25) is 0 Å². The largest absolute Gasteiger partial charge is 0.507 e. The molecule has 0 aliphatic carbocycles. The smallest absolute Gasteiger partial charge is 0.147 e. The SMILES string of the molecule is CC(O)Cc1c(F)cc(O)c(Br)c1F. The summed E-state index contributed by atoms with van der Waals surface area (Å²) in [5.41, 5.74) is -0.232. The van der Waals surface area contributed by atoms with E-state index in [1.165, 1.54) is 6.92 Å². The van der Waals surface area contributed by atoms with Crippen molar-refractivity contribution >= 4 is 15.9 Å². The summed E-state index contributed by atoms with van der Waals surface area (Å²) < 4.78 is 26.3. The maximum absolute atomic E-state index is 13.3. The van der Waals surface area contributed by atoms with Crippen LogP contribution in [0.3, 0.4) is 0 Å². The highest BCUT2D eigenvalue weighted by molar-refractivity contribution is 9.10. The molecule has 0 aliphatic rings. The van der Waals surface area contributed by atoms with Gasteiger partial charge in [0.15, 0.2) is 0 Å². The van der Waals surface area contributed by atoms with E-state index in [9.17, 15) is 8.78 Å². The average molecular weight is 267 g/mol. The van der Waals surface area contributed by atoms with Crippen LogP contribution < -0.4 is 0 Å². The van der Waals surface area contributed by atoms with Gasteiger partial charge in [0.05, 0.1) is 10.6 Å². The molecule has 5 heteroatoms. The molecule has 2 N–H and O–H groups in total. The Hall–Kier alpha value is -0.680. The van der Waals surface area contributed by atoms with Crippen LogP contribution in [-0.4, -0.2) is 16.3 Å². The van der Waals surface area contributed by atoms with Crippen molar-refractivity contribution < 1.29 is 19.0 Å². The quantitative estimate of drug-likeness (QED) is 0.807. The fourth-order valence-electron chi connectivity index (χ4n) is 1.10. The van der Waals surface area contributed by atoms with Crippen molar-refractivity contribution in [1.29, 1.82) is 0 Å². The molecule has 0 fully saturated rings. The molecule has 0 aromatic heterocycles. The highest BCUT2D eigenvalue weighted by Gasteiger charge is 2.17. The molecule has 1 rings (SSSR count). The third kappa shape index (κ3) is 2.22. The van der Waals surface area contributed by atoms with E-state index in [1.807, 2.05) is 0 Å². The Morgan fingerprint density at radius 2 is 2.07 bits per heavy atom. The maximum Gasteiger partial charge on any atom is 0.147 e. The maximum atomic E-state index is 13.3. The highest BCUT2D eigenvalue weighted by atomic mass is 79.9. The Morgan fingerprint density at radius 1 is 1.50 bits per heavy atom. The average Bonchev–Trinajstić information content (AvgIpc) is 2.09. The molecule has 1 atom stereocenters. The molecule has 0 radical (unpaired) electrons. The molecule has 14 heavy (non-hydrogen) atoms. The first-order valence-electron chi connectivity index (χ1n) is 3.97. The Labute approximate surface area is 88.3 Å². The number of aliphatic hydroxyl groups excluding tert-OH is 1. The van der Waals surface area contributed by atoms with E-state index in [2.05, 4.69) is 15.9 Å². The molecule has 1 aromatic rings. The van der Waals surface area contributed by atoms with Crippen molar-refractivity contribution in [3.05, 3.63) is 27.7 Å². The lowest BCUT2D eigenvalue weighted by Crippen LogP contribution is -2.08. The zero-order valence-corrected chi connectivity index (χ0v) is 8.98. The molecular weight excluding hydrogens is 258 g/mol. The molecule has 0 aliphatic heterocycles. The number of benzene rings is 1. The lowest BCUT2D eigenvalue weighted by atomic mass is 10.1. The van der Waals surface area contributed by atoms with Crippen LogP contribution in [0.4, 0.5) is 8.78 Å². The van der Waals surface area contributed by atoms with Gasteiger partial charge >= 0.3 is 0 Å². The van der Waals surface area contributed by atoms with Crippen molar-refractivity contribution in [3.63, 3.8) is 0 Å². The number of aliphatic hydroxyl groups is 1. The van der Waals surface area contributed by atoms with Gasteiger partial charge in [-0.15, -0.1) is 0 Å². The van der Waals surface area contributed by atoms with Crippen LogP contribution in [0.5, 0.6) is 5.75 Å². The predicted molar refractivity (Wildman–Crippen MR) is 51.1 cm³/mol. The Morgan fingerprint density at radius 3 is 2.57 bits per heavy atom. The van der Waals surface area contributed by atoms with E-state index in [0.717, 1.165) is 6.07 Å². The summed E-state index contributed by atoms with van der Waals surface area (Å²) in [5.74, 6) is -2.22. The molecule has 1 aromatic carbocycles. The highest BCUT2D eigenvalue weighted by Crippen LogP contribution is 2.31. The van der Waals surface area contributed by atoms with Gasteiger partial charge in [0.2, 0.25) is 0 Å². The van der Waals surface area contributed by atoms with E-state index < -0.39 is 23.5 Å². The third-order valence-corrected chi connectivity index (χ3v) is 2.49. The van der Waals surface area contributed by atoms with Crippen molar-refractivity contribution in [2.75, 3.05) is 0 Å². The summed E-state index contributed by atoms with van der Waals surface area (Å²) in [7, 11) is 0. The van der Waals surface area contributed by atoms with E-state index in [-0.39, 0.29) is 16.5 Å². The van der Waals surface area contributed by atoms with Gasteiger partial charge in [-0.25, -0.2) is 8.78 Å². The molecule has 0 saturated carbocycles. The van der Waals surface area contributed by atoms with Crippen LogP contribution in [0.15, 0.2) is 10.5 Å². The van der Waals surface area contributed by atoms with E-state index in [4.69, 9.17) is 10.2 Å². The van der Waals surface area contributed by atoms with Gasteiger partial charge in [-0.1, -0.05) is 0 Å². The van der Waals surface area contributed by atoms with Crippen molar-refractivity contribution in [2.45, 2.75) is 19.4 Å². The summed E-state index contributed by atoms with van der Waals surface area (Å²) in [6, 6.07) is 0.810. The van der Waals surface area contributed by atoms with Gasteiger partial charge < -0.3 is 10.2 Å². The second-order valence-corrected chi connectivity index (χ2v) is 3.83.